The molecule has 1 fully saturated rings. The Labute approximate surface area is 103 Å². The molecule has 0 radical (unpaired) electrons. The summed E-state index contributed by atoms with van der Waals surface area (Å²) in [6, 6.07) is 8.18. The fourth-order valence-electron chi connectivity index (χ4n) is 2.07. The summed E-state index contributed by atoms with van der Waals surface area (Å²) in [4.78, 5) is 2.36. The average molecular weight is 235 g/mol. The number of benzene rings is 1. The third-order valence-electron chi connectivity index (χ3n) is 3.33. The van der Waals surface area contributed by atoms with Crippen molar-refractivity contribution >= 4 is 5.69 Å². The zero-order valence-corrected chi connectivity index (χ0v) is 10.9. The van der Waals surface area contributed by atoms with E-state index >= 15 is 0 Å². The lowest BCUT2D eigenvalue weighted by molar-refractivity contribution is 0.148. The van der Waals surface area contributed by atoms with Gasteiger partial charge in [0, 0.05) is 39.3 Å². The molecule has 0 amide bonds. The van der Waals surface area contributed by atoms with E-state index in [0.29, 0.717) is 0 Å². The maximum Gasteiger partial charge on any atom is 0.120 e. The van der Waals surface area contributed by atoms with Gasteiger partial charge in [0.25, 0.3) is 0 Å². The Balaban J connectivity index is 2.05. The van der Waals surface area contributed by atoms with E-state index in [0.717, 1.165) is 31.9 Å². The summed E-state index contributed by atoms with van der Waals surface area (Å²) < 4.78 is 5.26. The van der Waals surface area contributed by atoms with Crippen molar-refractivity contribution in [1.29, 1.82) is 0 Å². The van der Waals surface area contributed by atoms with E-state index in [-0.39, 0.29) is 0 Å². The summed E-state index contributed by atoms with van der Waals surface area (Å²) in [5, 5.41) is 4.59. The fourth-order valence-corrected chi connectivity index (χ4v) is 2.07. The molecule has 1 aromatic carbocycles. The van der Waals surface area contributed by atoms with Crippen LogP contribution in [0.2, 0.25) is 0 Å². The van der Waals surface area contributed by atoms with Crippen LogP contribution in [0.4, 0.5) is 5.69 Å². The third-order valence-corrected chi connectivity index (χ3v) is 3.33. The molecule has 1 saturated heterocycles. The van der Waals surface area contributed by atoms with Crippen LogP contribution in [-0.4, -0.2) is 57.3 Å². The molecule has 1 aliphatic rings. The lowest BCUT2D eigenvalue weighted by atomic mass is 10.3. The molecule has 0 bridgehead atoms. The zero-order chi connectivity index (χ0) is 12.3. The predicted octanol–water partition coefficient (Wildman–Crippen LogP) is 1.29. The first kappa shape index (κ1) is 12.2. The van der Waals surface area contributed by atoms with Crippen molar-refractivity contribution in [3.63, 3.8) is 0 Å². The molecule has 1 aliphatic heterocycles. The highest BCUT2D eigenvalue weighted by Gasteiger charge is 2.17. The van der Waals surface area contributed by atoms with E-state index in [9.17, 15) is 0 Å². The van der Waals surface area contributed by atoms with Crippen LogP contribution >= 0.6 is 0 Å². The minimum atomic E-state index is 0.906. The van der Waals surface area contributed by atoms with Crippen molar-refractivity contribution in [2.75, 3.05) is 52.4 Å². The molecule has 0 spiro atoms. The van der Waals surface area contributed by atoms with Gasteiger partial charge >= 0.3 is 0 Å². The van der Waals surface area contributed by atoms with E-state index < -0.39 is 0 Å². The van der Waals surface area contributed by atoms with Gasteiger partial charge in [-0.05, 0) is 19.2 Å². The molecule has 0 aromatic heterocycles. The summed E-state index contributed by atoms with van der Waals surface area (Å²) in [5.74, 6) is 0.906. The van der Waals surface area contributed by atoms with Gasteiger partial charge in [-0.15, -0.1) is 0 Å². The van der Waals surface area contributed by atoms with Gasteiger partial charge in [-0.2, -0.15) is 0 Å². The Morgan fingerprint density at radius 2 is 1.88 bits per heavy atom. The van der Waals surface area contributed by atoms with Crippen LogP contribution in [0.15, 0.2) is 24.3 Å². The van der Waals surface area contributed by atoms with Crippen LogP contribution in [0.3, 0.4) is 0 Å². The second-order valence-corrected chi connectivity index (χ2v) is 4.48. The number of nitrogens with zero attached hydrogens (tertiary/aromatic N) is 3. The first-order chi connectivity index (χ1) is 8.20. The first-order valence-electron chi connectivity index (χ1n) is 6.02. The molecule has 94 valence electrons. The second-order valence-electron chi connectivity index (χ2n) is 4.48. The van der Waals surface area contributed by atoms with Gasteiger partial charge in [0.15, 0.2) is 0 Å². The van der Waals surface area contributed by atoms with Gasteiger partial charge < -0.3 is 14.6 Å². The molecule has 4 heteroatoms. The lowest BCUT2D eigenvalue weighted by Gasteiger charge is -2.39. The molecule has 0 aliphatic carbocycles. The van der Waals surface area contributed by atoms with Crippen molar-refractivity contribution < 1.29 is 4.74 Å². The van der Waals surface area contributed by atoms with Crippen molar-refractivity contribution in [2.24, 2.45) is 0 Å². The van der Waals surface area contributed by atoms with E-state index in [1.807, 2.05) is 12.1 Å². The van der Waals surface area contributed by atoms with E-state index in [2.05, 4.69) is 41.1 Å². The van der Waals surface area contributed by atoms with Crippen molar-refractivity contribution in [3.05, 3.63) is 24.3 Å². The molecule has 1 heterocycles. The number of hydrogen-bond donors (Lipinski definition) is 0. The smallest absolute Gasteiger partial charge is 0.120 e. The van der Waals surface area contributed by atoms with Crippen LogP contribution in [0, 0.1) is 0 Å². The Morgan fingerprint density at radius 3 is 2.53 bits per heavy atom. The molecule has 4 nitrogen and oxygen atoms in total. The standard InChI is InChI=1S/C13H21N3O/c1-14-7-9-16(10-8-14)15(2)12-5-4-6-13(11-12)17-3/h4-6,11H,7-10H2,1-3H3. The Bertz CT molecular complexity index is 361. The molecule has 0 unspecified atom stereocenters. The normalized spacial score (nSPS) is 18.1. The van der Waals surface area contributed by atoms with Crippen LogP contribution in [0.25, 0.3) is 0 Å². The number of anilines is 1. The molecule has 1 aromatic rings. The number of piperazine rings is 1. The highest BCUT2D eigenvalue weighted by Crippen LogP contribution is 2.21. The Morgan fingerprint density at radius 1 is 1.18 bits per heavy atom. The van der Waals surface area contributed by atoms with Crippen LogP contribution in [0.5, 0.6) is 5.75 Å². The lowest BCUT2D eigenvalue weighted by Crippen LogP contribution is -2.51. The van der Waals surface area contributed by atoms with Gasteiger partial charge in [-0.25, -0.2) is 5.01 Å². The zero-order valence-electron chi connectivity index (χ0n) is 10.9. The molecule has 0 atom stereocenters. The summed E-state index contributed by atoms with van der Waals surface area (Å²) in [5.41, 5.74) is 1.17. The molecule has 2 rings (SSSR count). The Hall–Kier alpha value is -1.26. The van der Waals surface area contributed by atoms with Gasteiger partial charge in [-0.1, -0.05) is 6.07 Å². The van der Waals surface area contributed by atoms with E-state index in [1.165, 1.54) is 5.69 Å². The van der Waals surface area contributed by atoms with Gasteiger partial charge in [0.2, 0.25) is 0 Å². The maximum atomic E-state index is 5.26. The highest BCUT2D eigenvalue weighted by molar-refractivity contribution is 5.49. The molecular weight excluding hydrogens is 214 g/mol. The van der Waals surface area contributed by atoms with Crippen LogP contribution < -0.4 is 9.75 Å². The van der Waals surface area contributed by atoms with Gasteiger partial charge in [0.05, 0.1) is 12.8 Å². The number of ether oxygens (including phenoxy) is 1. The number of methoxy groups -OCH3 is 1. The summed E-state index contributed by atoms with van der Waals surface area (Å²) in [7, 11) is 5.98. The van der Waals surface area contributed by atoms with E-state index in [4.69, 9.17) is 4.74 Å². The number of hydrogen-bond acceptors (Lipinski definition) is 4. The number of rotatable bonds is 3. The van der Waals surface area contributed by atoms with Crippen LogP contribution in [-0.2, 0) is 0 Å². The van der Waals surface area contributed by atoms with Gasteiger partial charge in [0.1, 0.15) is 5.75 Å². The molecular formula is C13H21N3O. The fraction of sp³-hybridized carbons (Fsp3) is 0.538. The SMILES string of the molecule is COc1cccc(N(C)N2CCN(C)CC2)c1. The quantitative estimate of drug-likeness (QED) is 0.786. The summed E-state index contributed by atoms with van der Waals surface area (Å²) >= 11 is 0. The average Bonchev–Trinajstić information content (AvgIpc) is 2.39. The first-order valence-corrected chi connectivity index (χ1v) is 6.02. The van der Waals surface area contributed by atoms with Crippen molar-refractivity contribution in [1.82, 2.24) is 9.91 Å². The highest BCUT2D eigenvalue weighted by atomic mass is 16.5. The second kappa shape index (κ2) is 5.38. The summed E-state index contributed by atoms with van der Waals surface area (Å²) in [6.07, 6.45) is 0. The van der Waals surface area contributed by atoms with Crippen molar-refractivity contribution in [3.8, 4) is 5.75 Å². The van der Waals surface area contributed by atoms with E-state index in [1.54, 1.807) is 7.11 Å². The minimum Gasteiger partial charge on any atom is -0.497 e. The van der Waals surface area contributed by atoms with Crippen molar-refractivity contribution in [2.45, 2.75) is 0 Å². The molecule has 17 heavy (non-hydrogen) atoms. The predicted molar refractivity (Wildman–Crippen MR) is 70.5 cm³/mol. The summed E-state index contributed by atoms with van der Waals surface area (Å²) in [6.45, 7) is 4.39. The third kappa shape index (κ3) is 2.90. The molecule has 0 saturated carbocycles. The minimum absolute atomic E-state index is 0.906. The van der Waals surface area contributed by atoms with Crippen LogP contribution in [0.1, 0.15) is 0 Å². The number of hydrazine groups is 1. The van der Waals surface area contributed by atoms with Gasteiger partial charge in [-0.3, -0.25) is 0 Å². The topological polar surface area (TPSA) is 19.0 Å². The largest absolute Gasteiger partial charge is 0.497 e. The monoisotopic (exact) mass is 235 g/mol. The Kier molecular flexibility index (Phi) is 3.86. The number of likely N-dealkylation sites (N-methyl/N-ethyl adjacent to an activating group) is 1. The molecule has 0 N–H and O–H groups in total. The maximum absolute atomic E-state index is 5.26.